The van der Waals surface area contributed by atoms with Gasteiger partial charge in [0, 0.05) is 30.1 Å². The number of hydrogen-bond donors (Lipinski definition) is 1. The Bertz CT molecular complexity index is 351. The molecule has 1 saturated carbocycles. The number of nitrogens with zero attached hydrogens (tertiary/aromatic N) is 1. The molecule has 2 nitrogen and oxygen atoms in total. The Morgan fingerprint density at radius 1 is 1.41 bits per heavy atom. The molecule has 3 heteroatoms. The van der Waals surface area contributed by atoms with Crippen LogP contribution in [-0.2, 0) is 6.42 Å². The van der Waals surface area contributed by atoms with Crippen LogP contribution in [0.3, 0.4) is 0 Å². The Kier molecular flexibility index (Phi) is 4.21. The molecule has 0 aliphatic heterocycles. The van der Waals surface area contributed by atoms with E-state index in [0.29, 0.717) is 11.5 Å². The molecular formula is C14H24N2S. The van der Waals surface area contributed by atoms with Gasteiger partial charge in [-0.1, -0.05) is 26.7 Å². The van der Waals surface area contributed by atoms with Gasteiger partial charge in [-0.05, 0) is 25.2 Å². The largest absolute Gasteiger partial charge is 0.314 e. The SMILES string of the molecule is Cc1csc(CC2(CNC(C)C)CCCC2)n1. The molecular weight excluding hydrogens is 228 g/mol. The standard InChI is InChI=1S/C14H24N2S/c1-11(2)15-10-14(6-4-5-7-14)8-13-16-12(3)9-17-13/h9,11,15H,4-8,10H2,1-3H3. The first-order valence-corrected chi connectivity index (χ1v) is 7.62. The predicted molar refractivity (Wildman–Crippen MR) is 74.6 cm³/mol. The summed E-state index contributed by atoms with van der Waals surface area (Å²) < 4.78 is 0. The van der Waals surface area contributed by atoms with Gasteiger partial charge in [0.2, 0.25) is 0 Å². The molecule has 17 heavy (non-hydrogen) atoms. The zero-order valence-electron chi connectivity index (χ0n) is 11.3. The van der Waals surface area contributed by atoms with Gasteiger partial charge >= 0.3 is 0 Å². The molecule has 2 rings (SSSR count). The lowest BCUT2D eigenvalue weighted by molar-refractivity contribution is 0.268. The summed E-state index contributed by atoms with van der Waals surface area (Å²) in [6.07, 6.45) is 6.69. The van der Waals surface area contributed by atoms with E-state index in [1.165, 1.54) is 42.8 Å². The molecule has 0 spiro atoms. The van der Waals surface area contributed by atoms with Gasteiger partial charge in [0.05, 0.1) is 5.01 Å². The lowest BCUT2D eigenvalue weighted by atomic mass is 9.82. The molecule has 0 radical (unpaired) electrons. The third-order valence-corrected chi connectivity index (χ3v) is 4.71. The summed E-state index contributed by atoms with van der Waals surface area (Å²) in [5, 5.41) is 7.14. The molecule has 1 aromatic rings. The number of hydrogen-bond acceptors (Lipinski definition) is 3. The lowest BCUT2D eigenvalue weighted by Gasteiger charge is -2.29. The van der Waals surface area contributed by atoms with Crippen LogP contribution in [0.2, 0.25) is 0 Å². The fourth-order valence-electron chi connectivity index (χ4n) is 2.77. The number of nitrogens with one attached hydrogen (secondary N) is 1. The third-order valence-electron chi connectivity index (χ3n) is 3.74. The van der Waals surface area contributed by atoms with E-state index in [1.54, 1.807) is 0 Å². The maximum atomic E-state index is 4.64. The normalized spacial score (nSPS) is 19.1. The van der Waals surface area contributed by atoms with Gasteiger partial charge in [-0.25, -0.2) is 4.98 Å². The van der Waals surface area contributed by atoms with E-state index < -0.39 is 0 Å². The van der Waals surface area contributed by atoms with Crippen LogP contribution in [0.4, 0.5) is 0 Å². The van der Waals surface area contributed by atoms with Crippen LogP contribution in [0, 0.1) is 12.3 Å². The van der Waals surface area contributed by atoms with Crippen molar-refractivity contribution in [1.29, 1.82) is 0 Å². The van der Waals surface area contributed by atoms with Gasteiger partial charge in [0.25, 0.3) is 0 Å². The summed E-state index contributed by atoms with van der Waals surface area (Å²) in [7, 11) is 0. The molecule has 0 amide bonds. The van der Waals surface area contributed by atoms with Gasteiger partial charge in [-0.15, -0.1) is 11.3 Å². The van der Waals surface area contributed by atoms with Crippen LogP contribution in [0.25, 0.3) is 0 Å². The van der Waals surface area contributed by atoms with Crippen molar-refractivity contribution in [3.63, 3.8) is 0 Å². The highest BCUT2D eigenvalue weighted by Gasteiger charge is 2.34. The van der Waals surface area contributed by atoms with E-state index in [-0.39, 0.29) is 0 Å². The molecule has 0 bridgehead atoms. The summed E-state index contributed by atoms with van der Waals surface area (Å²) in [6.45, 7) is 7.71. The average molecular weight is 252 g/mol. The van der Waals surface area contributed by atoms with Gasteiger partial charge in [-0.2, -0.15) is 0 Å². The molecule has 1 aliphatic carbocycles. The minimum Gasteiger partial charge on any atom is -0.314 e. The number of rotatable bonds is 5. The van der Waals surface area contributed by atoms with Gasteiger partial charge < -0.3 is 5.32 Å². The molecule has 96 valence electrons. The molecule has 1 fully saturated rings. The highest BCUT2D eigenvalue weighted by molar-refractivity contribution is 7.09. The first-order chi connectivity index (χ1) is 8.10. The van der Waals surface area contributed by atoms with Gasteiger partial charge in [-0.3, -0.25) is 0 Å². The Balaban J connectivity index is 2.01. The van der Waals surface area contributed by atoms with Crippen molar-refractivity contribution in [3.8, 4) is 0 Å². The monoisotopic (exact) mass is 252 g/mol. The summed E-state index contributed by atoms with van der Waals surface area (Å²) in [4.78, 5) is 4.64. The Morgan fingerprint density at radius 2 is 2.12 bits per heavy atom. The summed E-state index contributed by atoms with van der Waals surface area (Å²) in [5.74, 6) is 0. The Morgan fingerprint density at radius 3 is 2.65 bits per heavy atom. The van der Waals surface area contributed by atoms with E-state index in [0.717, 1.165) is 6.54 Å². The van der Waals surface area contributed by atoms with Crippen molar-refractivity contribution in [2.75, 3.05) is 6.54 Å². The molecule has 1 aromatic heterocycles. The van der Waals surface area contributed by atoms with Crippen LogP contribution in [0.15, 0.2) is 5.38 Å². The van der Waals surface area contributed by atoms with Crippen molar-refractivity contribution >= 4 is 11.3 Å². The van der Waals surface area contributed by atoms with Crippen molar-refractivity contribution in [2.24, 2.45) is 5.41 Å². The van der Waals surface area contributed by atoms with Crippen LogP contribution >= 0.6 is 11.3 Å². The Hall–Kier alpha value is -0.410. The number of thiazole rings is 1. The maximum absolute atomic E-state index is 4.64. The number of aryl methyl sites for hydroxylation is 1. The Labute approximate surface area is 109 Å². The maximum Gasteiger partial charge on any atom is 0.0934 e. The molecule has 1 N–H and O–H groups in total. The van der Waals surface area contributed by atoms with Crippen LogP contribution < -0.4 is 5.32 Å². The molecule has 0 unspecified atom stereocenters. The van der Waals surface area contributed by atoms with Crippen molar-refractivity contribution in [3.05, 3.63) is 16.1 Å². The minimum absolute atomic E-state index is 0.481. The smallest absolute Gasteiger partial charge is 0.0934 e. The average Bonchev–Trinajstić information content (AvgIpc) is 2.87. The highest BCUT2D eigenvalue weighted by Crippen LogP contribution is 2.41. The van der Waals surface area contributed by atoms with E-state index in [4.69, 9.17) is 0 Å². The van der Waals surface area contributed by atoms with Crippen LogP contribution in [0.1, 0.15) is 50.2 Å². The predicted octanol–water partition coefficient (Wildman–Crippen LogP) is 3.55. The molecule has 1 heterocycles. The quantitative estimate of drug-likeness (QED) is 0.867. The first-order valence-electron chi connectivity index (χ1n) is 6.74. The van der Waals surface area contributed by atoms with E-state index >= 15 is 0 Å². The molecule has 0 aromatic carbocycles. The zero-order chi connectivity index (χ0) is 12.3. The third kappa shape index (κ3) is 3.52. The second-order valence-electron chi connectivity index (χ2n) is 5.80. The lowest BCUT2D eigenvalue weighted by Crippen LogP contribution is -2.37. The van der Waals surface area contributed by atoms with Crippen molar-refractivity contribution < 1.29 is 0 Å². The van der Waals surface area contributed by atoms with E-state index in [1.807, 2.05) is 11.3 Å². The highest BCUT2D eigenvalue weighted by atomic mass is 32.1. The zero-order valence-corrected chi connectivity index (χ0v) is 12.1. The second-order valence-corrected chi connectivity index (χ2v) is 6.74. The summed E-state index contributed by atoms with van der Waals surface area (Å²) in [5.41, 5.74) is 1.66. The topological polar surface area (TPSA) is 24.9 Å². The summed E-state index contributed by atoms with van der Waals surface area (Å²) in [6, 6.07) is 0.588. The van der Waals surface area contributed by atoms with Crippen LogP contribution in [-0.4, -0.2) is 17.6 Å². The van der Waals surface area contributed by atoms with E-state index in [9.17, 15) is 0 Å². The van der Waals surface area contributed by atoms with Crippen molar-refractivity contribution in [1.82, 2.24) is 10.3 Å². The fourth-order valence-corrected chi connectivity index (χ4v) is 3.71. The molecule has 0 atom stereocenters. The van der Waals surface area contributed by atoms with Crippen LogP contribution in [0.5, 0.6) is 0 Å². The molecule has 1 aliphatic rings. The fraction of sp³-hybridized carbons (Fsp3) is 0.786. The second kappa shape index (κ2) is 5.49. The van der Waals surface area contributed by atoms with Gasteiger partial charge in [0.1, 0.15) is 0 Å². The van der Waals surface area contributed by atoms with Crippen molar-refractivity contribution in [2.45, 2.75) is 58.9 Å². The first kappa shape index (κ1) is 13.0. The van der Waals surface area contributed by atoms with Gasteiger partial charge in [0.15, 0.2) is 0 Å². The molecule has 0 saturated heterocycles. The number of aromatic nitrogens is 1. The summed E-state index contributed by atoms with van der Waals surface area (Å²) >= 11 is 1.83. The van der Waals surface area contributed by atoms with E-state index in [2.05, 4.69) is 36.5 Å². The minimum atomic E-state index is 0.481.